The molecule has 1 atom stereocenters. The van der Waals surface area contributed by atoms with Crippen molar-refractivity contribution in [1.82, 2.24) is 4.90 Å². The molecule has 2 aromatic carbocycles. The number of para-hydroxylation sites is 2. The number of anilines is 1. The first-order valence-corrected chi connectivity index (χ1v) is 9.78. The monoisotopic (exact) mass is 412 g/mol. The summed E-state index contributed by atoms with van der Waals surface area (Å²) in [5, 5.41) is 0. The minimum atomic E-state index is -0.783. The molecule has 2 amide bonds. The van der Waals surface area contributed by atoms with Gasteiger partial charge in [-0.2, -0.15) is 0 Å². The summed E-state index contributed by atoms with van der Waals surface area (Å²) in [6.07, 6.45) is -0.783. The van der Waals surface area contributed by atoms with Crippen molar-refractivity contribution >= 4 is 17.5 Å². The Balaban J connectivity index is 1.66. The molecule has 0 unspecified atom stereocenters. The number of hydrogen-bond donors (Lipinski definition) is 0. The molecule has 30 heavy (non-hydrogen) atoms. The van der Waals surface area contributed by atoms with Crippen LogP contribution >= 0.6 is 0 Å². The summed E-state index contributed by atoms with van der Waals surface area (Å²) in [5.74, 6) is 1.12. The molecular formula is C22H24N2O6. The average Bonchev–Trinajstić information content (AvgIpc) is 2.82. The van der Waals surface area contributed by atoms with Gasteiger partial charge in [0.25, 0.3) is 11.8 Å². The van der Waals surface area contributed by atoms with Crippen molar-refractivity contribution in [2.75, 3.05) is 52.0 Å². The van der Waals surface area contributed by atoms with Gasteiger partial charge in [-0.15, -0.1) is 0 Å². The second-order valence-electron chi connectivity index (χ2n) is 7.03. The number of fused-ring (bicyclic) bond motifs is 1. The van der Waals surface area contributed by atoms with Gasteiger partial charge < -0.3 is 28.7 Å². The smallest absolute Gasteiger partial charge is 0.265 e. The van der Waals surface area contributed by atoms with Crippen LogP contribution in [0.5, 0.6) is 17.2 Å². The molecule has 8 nitrogen and oxygen atoms in total. The van der Waals surface area contributed by atoms with Crippen molar-refractivity contribution in [2.24, 2.45) is 0 Å². The highest BCUT2D eigenvalue weighted by Gasteiger charge is 2.36. The molecule has 0 aliphatic carbocycles. The van der Waals surface area contributed by atoms with Gasteiger partial charge in [0.1, 0.15) is 17.2 Å². The molecular weight excluding hydrogens is 388 g/mol. The standard InChI is InChI=1S/C22H24N2O6/c1-27-16-11-15(12-17(13-16)28-2)21(25)24-14-20(22(26)23-7-9-29-10-8-23)30-19-6-4-3-5-18(19)24/h3-6,11-13,20H,7-10,14H2,1-2H3/t20-/m0/s1. The highest BCUT2D eigenvalue weighted by atomic mass is 16.5. The van der Waals surface area contributed by atoms with E-state index in [1.807, 2.05) is 12.1 Å². The molecule has 0 bridgehead atoms. The van der Waals surface area contributed by atoms with Crippen LogP contribution in [0.4, 0.5) is 5.69 Å². The minimum Gasteiger partial charge on any atom is -0.497 e. The first-order chi connectivity index (χ1) is 14.6. The molecule has 0 radical (unpaired) electrons. The Morgan fingerprint density at radius 1 is 1.00 bits per heavy atom. The molecule has 2 aromatic rings. The van der Waals surface area contributed by atoms with E-state index in [0.717, 1.165) is 0 Å². The second-order valence-corrected chi connectivity index (χ2v) is 7.03. The van der Waals surface area contributed by atoms with Crippen molar-refractivity contribution in [3.05, 3.63) is 48.0 Å². The van der Waals surface area contributed by atoms with Crippen LogP contribution in [0, 0.1) is 0 Å². The number of rotatable bonds is 4. The number of morpholine rings is 1. The Hall–Kier alpha value is -3.26. The van der Waals surface area contributed by atoms with E-state index in [4.69, 9.17) is 18.9 Å². The van der Waals surface area contributed by atoms with E-state index in [2.05, 4.69) is 0 Å². The van der Waals surface area contributed by atoms with Gasteiger partial charge in [0, 0.05) is 24.7 Å². The van der Waals surface area contributed by atoms with Crippen LogP contribution in [-0.2, 0) is 9.53 Å². The molecule has 2 aliphatic heterocycles. The van der Waals surface area contributed by atoms with E-state index >= 15 is 0 Å². The molecule has 0 N–H and O–H groups in total. The molecule has 8 heteroatoms. The number of amides is 2. The Bertz CT molecular complexity index is 919. The number of nitrogens with zero attached hydrogens (tertiary/aromatic N) is 2. The third-order valence-electron chi connectivity index (χ3n) is 5.22. The summed E-state index contributed by atoms with van der Waals surface area (Å²) in [5.41, 5.74) is 1.02. The zero-order valence-corrected chi connectivity index (χ0v) is 17.0. The maximum absolute atomic E-state index is 13.5. The lowest BCUT2D eigenvalue weighted by atomic mass is 10.1. The van der Waals surface area contributed by atoms with Crippen LogP contribution in [0.2, 0.25) is 0 Å². The van der Waals surface area contributed by atoms with E-state index in [-0.39, 0.29) is 18.4 Å². The Morgan fingerprint density at radius 3 is 2.33 bits per heavy atom. The SMILES string of the molecule is COc1cc(OC)cc(C(=O)N2C[C@@H](C(=O)N3CCOCC3)Oc3ccccc32)c1. The van der Waals surface area contributed by atoms with Crippen LogP contribution in [0.15, 0.2) is 42.5 Å². The van der Waals surface area contributed by atoms with E-state index < -0.39 is 6.10 Å². The molecule has 1 saturated heterocycles. The number of methoxy groups -OCH3 is 2. The molecule has 1 fully saturated rings. The summed E-state index contributed by atoms with van der Waals surface area (Å²) in [4.78, 5) is 29.8. The maximum Gasteiger partial charge on any atom is 0.265 e. The predicted molar refractivity (Wildman–Crippen MR) is 109 cm³/mol. The highest BCUT2D eigenvalue weighted by molar-refractivity contribution is 6.08. The zero-order valence-electron chi connectivity index (χ0n) is 17.0. The van der Waals surface area contributed by atoms with Crippen molar-refractivity contribution in [2.45, 2.75) is 6.10 Å². The summed E-state index contributed by atoms with van der Waals surface area (Å²) in [7, 11) is 3.06. The van der Waals surface area contributed by atoms with Crippen molar-refractivity contribution in [3.8, 4) is 17.2 Å². The van der Waals surface area contributed by atoms with Crippen LogP contribution < -0.4 is 19.1 Å². The topological polar surface area (TPSA) is 77.5 Å². The number of carbonyl (C=O) groups is 2. The van der Waals surface area contributed by atoms with Crippen LogP contribution in [0.3, 0.4) is 0 Å². The van der Waals surface area contributed by atoms with E-state index in [0.29, 0.717) is 54.8 Å². The van der Waals surface area contributed by atoms with Gasteiger partial charge in [-0.1, -0.05) is 12.1 Å². The lowest BCUT2D eigenvalue weighted by molar-refractivity contribution is -0.142. The van der Waals surface area contributed by atoms with Gasteiger partial charge >= 0.3 is 0 Å². The fourth-order valence-electron chi connectivity index (χ4n) is 3.63. The minimum absolute atomic E-state index is 0.117. The molecule has 0 spiro atoms. The third kappa shape index (κ3) is 3.91. The Labute approximate surface area is 174 Å². The Morgan fingerprint density at radius 2 is 1.67 bits per heavy atom. The molecule has 2 heterocycles. The number of benzene rings is 2. The number of hydrogen-bond acceptors (Lipinski definition) is 6. The first kappa shape index (κ1) is 20.0. The summed E-state index contributed by atoms with van der Waals surface area (Å²) >= 11 is 0. The van der Waals surface area contributed by atoms with E-state index in [1.54, 1.807) is 40.1 Å². The number of carbonyl (C=O) groups excluding carboxylic acids is 2. The quantitative estimate of drug-likeness (QED) is 0.764. The van der Waals surface area contributed by atoms with Crippen LogP contribution in [-0.4, -0.2) is 69.9 Å². The van der Waals surface area contributed by atoms with Crippen LogP contribution in [0.1, 0.15) is 10.4 Å². The summed E-state index contributed by atoms with van der Waals surface area (Å²) in [6.45, 7) is 2.15. The van der Waals surface area contributed by atoms with Gasteiger partial charge in [-0.3, -0.25) is 9.59 Å². The zero-order chi connectivity index (χ0) is 21.1. The van der Waals surface area contributed by atoms with Crippen LogP contribution in [0.25, 0.3) is 0 Å². The summed E-state index contributed by atoms with van der Waals surface area (Å²) in [6, 6.07) is 12.2. The van der Waals surface area contributed by atoms with Crippen molar-refractivity contribution in [1.29, 1.82) is 0 Å². The number of ether oxygens (including phenoxy) is 4. The predicted octanol–water partition coefficient (Wildman–Crippen LogP) is 1.97. The second kappa shape index (κ2) is 8.62. The van der Waals surface area contributed by atoms with Crippen molar-refractivity contribution < 1.29 is 28.5 Å². The molecule has 0 aromatic heterocycles. The Kier molecular flexibility index (Phi) is 5.76. The molecule has 4 rings (SSSR count). The van der Waals surface area contributed by atoms with Gasteiger partial charge in [0.2, 0.25) is 0 Å². The highest BCUT2D eigenvalue weighted by Crippen LogP contribution is 2.35. The average molecular weight is 412 g/mol. The van der Waals surface area contributed by atoms with Gasteiger partial charge in [0.15, 0.2) is 6.10 Å². The maximum atomic E-state index is 13.5. The molecule has 0 saturated carbocycles. The van der Waals surface area contributed by atoms with Gasteiger partial charge in [-0.25, -0.2) is 0 Å². The third-order valence-corrected chi connectivity index (χ3v) is 5.22. The summed E-state index contributed by atoms with van der Waals surface area (Å²) < 4.78 is 21.9. The normalized spacial score (nSPS) is 18.3. The fourth-order valence-corrected chi connectivity index (χ4v) is 3.63. The van der Waals surface area contributed by atoms with E-state index in [1.165, 1.54) is 14.2 Å². The van der Waals surface area contributed by atoms with E-state index in [9.17, 15) is 9.59 Å². The first-order valence-electron chi connectivity index (χ1n) is 9.78. The van der Waals surface area contributed by atoms with Gasteiger partial charge in [-0.05, 0) is 24.3 Å². The largest absolute Gasteiger partial charge is 0.497 e. The molecule has 2 aliphatic rings. The fraction of sp³-hybridized carbons (Fsp3) is 0.364. The lowest BCUT2D eigenvalue weighted by Gasteiger charge is -2.37. The van der Waals surface area contributed by atoms with Gasteiger partial charge in [0.05, 0.1) is 39.7 Å². The molecule has 158 valence electrons. The van der Waals surface area contributed by atoms with Crippen molar-refractivity contribution in [3.63, 3.8) is 0 Å². The lowest BCUT2D eigenvalue weighted by Crippen LogP contribution is -2.54.